The molecule has 1 saturated carbocycles. The first-order valence-corrected chi connectivity index (χ1v) is 6.52. The summed E-state index contributed by atoms with van der Waals surface area (Å²) in [4.78, 5) is 2.37. The van der Waals surface area contributed by atoms with Crippen molar-refractivity contribution in [2.45, 2.75) is 39.2 Å². The van der Waals surface area contributed by atoms with Gasteiger partial charge in [0.05, 0.1) is 6.20 Å². The van der Waals surface area contributed by atoms with Crippen LogP contribution in [0.1, 0.15) is 31.7 Å². The minimum Gasteiger partial charge on any atom is -0.352 e. The lowest BCUT2D eigenvalue weighted by atomic mass is 10.0. The van der Waals surface area contributed by atoms with Crippen molar-refractivity contribution >= 4 is 5.82 Å². The zero-order valence-corrected chi connectivity index (χ0v) is 10.8. The predicted octanol–water partition coefficient (Wildman–Crippen LogP) is 1.74. The van der Waals surface area contributed by atoms with E-state index < -0.39 is 0 Å². The van der Waals surface area contributed by atoms with E-state index in [1.807, 2.05) is 0 Å². The van der Waals surface area contributed by atoms with E-state index in [2.05, 4.69) is 35.0 Å². The molecule has 0 amide bonds. The number of aryl methyl sites for hydroxylation is 1. The van der Waals surface area contributed by atoms with Gasteiger partial charge < -0.3 is 10.6 Å². The standard InChI is InChI=1S/C13H22N4/c1-3-17(12-6-4-5-11(12)8-14)13-7-10(2)9-15-16-13/h7,9,11-12H,3-6,8,14H2,1-2H3. The molecule has 1 aliphatic carbocycles. The Hall–Kier alpha value is -1.16. The summed E-state index contributed by atoms with van der Waals surface area (Å²) in [6, 6.07) is 2.66. The average molecular weight is 234 g/mol. The maximum absolute atomic E-state index is 5.86. The van der Waals surface area contributed by atoms with Crippen molar-refractivity contribution in [3.63, 3.8) is 0 Å². The Kier molecular flexibility index (Phi) is 3.94. The van der Waals surface area contributed by atoms with Crippen molar-refractivity contribution in [3.8, 4) is 0 Å². The first kappa shape index (κ1) is 12.3. The molecule has 4 nitrogen and oxygen atoms in total. The Morgan fingerprint density at radius 3 is 2.94 bits per heavy atom. The number of aromatic nitrogens is 2. The fourth-order valence-corrected chi connectivity index (χ4v) is 2.86. The van der Waals surface area contributed by atoms with Crippen LogP contribution in [0, 0.1) is 12.8 Å². The Balaban J connectivity index is 2.21. The fraction of sp³-hybridized carbons (Fsp3) is 0.692. The molecule has 4 heteroatoms. The van der Waals surface area contributed by atoms with Crippen LogP contribution < -0.4 is 10.6 Å². The molecule has 0 aromatic carbocycles. The first-order chi connectivity index (χ1) is 8.26. The molecule has 1 heterocycles. The molecule has 17 heavy (non-hydrogen) atoms. The van der Waals surface area contributed by atoms with Gasteiger partial charge in [-0.3, -0.25) is 0 Å². The molecular weight excluding hydrogens is 212 g/mol. The van der Waals surface area contributed by atoms with Crippen molar-refractivity contribution < 1.29 is 0 Å². The summed E-state index contributed by atoms with van der Waals surface area (Å²) >= 11 is 0. The van der Waals surface area contributed by atoms with Crippen LogP contribution in [-0.2, 0) is 0 Å². The maximum Gasteiger partial charge on any atom is 0.151 e. The SMILES string of the molecule is CCN(c1cc(C)cnn1)C1CCCC1CN. The molecule has 1 aliphatic rings. The molecule has 0 bridgehead atoms. The normalized spacial score (nSPS) is 23.9. The topological polar surface area (TPSA) is 55.0 Å². The van der Waals surface area contributed by atoms with E-state index in [1.165, 1.54) is 19.3 Å². The summed E-state index contributed by atoms with van der Waals surface area (Å²) in [5, 5.41) is 8.31. The highest BCUT2D eigenvalue weighted by molar-refractivity contribution is 5.40. The van der Waals surface area contributed by atoms with Gasteiger partial charge in [-0.2, -0.15) is 5.10 Å². The second-order valence-electron chi connectivity index (χ2n) is 4.87. The van der Waals surface area contributed by atoms with Crippen molar-refractivity contribution in [2.24, 2.45) is 11.7 Å². The van der Waals surface area contributed by atoms with Crippen LogP contribution in [0.3, 0.4) is 0 Å². The quantitative estimate of drug-likeness (QED) is 0.862. The van der Waals surface area contributed by atoms with E-state index in [1.54, 1.807) is 6.20 Å². The summed E-state index contributed by atoms with van der Waals surface area (Å²) in [7, 11) is 0. The molecule has 0 radical (unpaired) electrons. The maximum atomic E-state index is 5.86. The van der Waals surface area contributed by atoms with Gasteiger partial charge in [0.2, 0.25) is 0 Å². The van der Waals surface area contributed by atoms with E-state index in [0.717, 1.165) is 24.5 Å². The molecule has 94 valence electrons. The van der Waals surface area contributed by atoms with E-state index in [0.29, 0.717) is 12.0 Å². The third kappa shape index (κ3) is 2.57. The van der Waals surface area contributed by atoms with Crippen LogP contribution in [0.4, 0.5) is 5.82 Å². The molecule has 2 unspecified atom stereocenters. The smallest absolute Gasteiger partial charge is 0.151 e. The summed E-state index contributed by atoms with van der Waals surface area (Å²) in [6.45, 7) is 5.98. The zero-order chi connectivity index (χ0) is 12.3. The Morgan fingerprint density at radius 1 is 1.47 bits per heavy atom. The van der Waals surface area contributed by atoms with Crippen molar-refractivity contribution in [2.75, 3.05) is 18.0 Å². The molecular formula is C13H22N4. The van der Waals surface area contributed by atoms with Gasteiger partial charge in [-0.1, -0.05) is 6.42 Å². The lowest BCUT2D eigenvalue weighted by molar-refractivity contribution is 0.458. The number of rotatable bonds is 4. The largest absolute Gasteiger partial charge is 0.352 e. The number of nitrogens with two attached hydrogens (primary N) is 1. The Bertz CT molecular complexity index is 366. The fourth-order valence-electron chi connectivity index (χ4n) is 2.86. The van der Waals surface area contributed by atoms with Crippen LogP contribution in [-0.4, -0.2) is 29.3 Å². The van der Waals surface area contributed by atoms with E-state index in [4.69, 9.17) is 5.73 Å². The lowest BCUT2D eigenvalue weighted by Gasteiger charge is -2.32. The van der Waals surface area contributed by atoms with E-state index in [9.17, 15) is 0 Å². The third-order valence-corrected chi connectivity index (χ3v) is 3.74. The highest BCUT2D eigenvalue weighted by Crippen LogP contribution is 2.31. The van der Waals surface area contributed by atoms with Crippen LogP contribution in [0.5, 0.6) is 0 Å². The highest BCUT2D eigenvalue weighted by Gasteiger charge is 2.31. The van der Waals surface area contributed by atoms with Gasteiger partial charge in [-0.15, -0.1) is 5.10 Å². The van der Waals surface area contributed by atoms with Gasteiger partial charge in [-0.25, -0.2) is 0 Å². The molecule has 2 atom stereocenters. The van der Waals surface area contributed by atoms with E-state index in [-0.39, 0.29) is 0 Å². The molecule has 2 N–H and O–H groups in total. The van der Waals surface area contributed by atoms with E-state index >= 15 is 0 Å². The predicted molar refractivity (Wildman–Crippen MR) is 70.0 cm³/mol. The van der Waals surface area contributed by atoms with Crippen LogP contribution >= 0.6 is 0 Å². The van der Waals surface area contributed by atoms with Gasteiger partial charge in [0.25, 0.3) is 0 Å². The van der Waals surface area contributed by atoms with Crippen molar-refractivity contribution in [1.82, 2.24) is 10.2 Å². The van der Waals surface area contributed by atoms with Crippen LogP contribution in [0.15, 0.2) is 12.3 Å². The van der Waals surface area contributed by atoms with Gasteiger partial charge in [0.1, 0.15) is 0 Å². The summed E-state index contributed by atoms with van der Waals surface area (Å²) in [5.74, 6) is 1.61. The number of hydrogen-bond acceptors (Lipinski definition) is 4. The molecule has 2 rings (SSSR count). The second-order valence-corrected chi connectivity index (χ2v) is 4.87. The molecule has 1 fully saturated rings. The van der Waals surface area contributed by atoms with Crippen molar-refractivity contribution in [1.29, 1.82) is 0 Å². The highest BCUT2D eigenvalue weighted by atomic mass is 15.3. The lowest BCUT2D eigenvalue weighted by Crippen LogP contribution is -2.41. The average Bonchev–Trinajstić information content (AvgIpc) is 2.78. The molecule has 1 aromatic heterocycles. The Morgan fingerprint density at radius 2 is 2.29 bits per heavy atom. The van der Waals surface area contributed by atoms with Crippen molar-refractivity contribution in [3.05, 3.63) is 17.8 Å². The molecule has 0 saturated heterocycles. The van der Waals surface area contributed by atoms with Gasteiger partial charge >= 0.3 is 0 Å². The summed E-state index contributed by atoms with van der Waals surface area (Å²) in [5.41, 5.74) is 7.02. The molecule has 0 aliphatic heterocycles. The number of anilines is 1. The zero-order valence-electron chi connectivity index (χ0n) is 10.8. The minimum atomic E-state index is 0.543. The van der Waals surface area contributed by atoms with Crippen LogP contribution in [0.2, 0.25) is 0 Å². The van der Waals surface area contributed by atoms with Gasteiger partial charge in [-0.05, 0) is 50.8 Å². The number of hydrogen-bond donors (Lipinski definition) is 1. The monoisotopic (exact) mass is 234 g/mol. The Labute approximate surface area is 103 Å². The minimum absolute atomic E-state index is 0.543. The second kappa shape index (κ2) is 5.45. The third-order valence-electron chi connectivity index (χ3n) is 3.74. The first-order valence-electron chi connectivity index (χ1n) is 6.52. The summed E-state index contributed by atoms with van der Waals surface area (Å²) < 4.78 is 0. The molecule has 0 spiro atoms. The summed E-state index contributed by atoms with van der Waals surface area (Å²) in [6.07, 6.45) is 5.55. The number of nitrogens with zero attached hydrogens (tertiary/aromatic N) is 3. The van der Waals surface area contributed by atoms with Gasteiger partial charge in [0, 0.05) is 12.6 Å². The van der Waals surface area contributed by atoms with Crippen LogP contribution in [0.25, 0.3) is 0 Å². The molecule has 1 aromatic rings. The van der Waals surface area contributed by atoms with Gasteiger partial charge in [0.15, 0.2) is 5.82 Å².